The summed E-state index contributed by atoms with van der Waals surface area (Å²) in [6, 6.07) is 20.8. The van der Waals surface area contributed by atoms with E-state index in [-0.39, 0.29) is 12.5 Å². The lowest BCUT2D eigenvalue weighted by Gasteiger charge is -2.30. The van der Waals surface area contributed by atoms with Crippen molar-refractivity contribution >= 4 is 34.3 Å². The number of amides is 4. The van der Waals surface area contributed by atoms with Crippen LogP contribution in [0.15, 0.2) is 66.7 Å². The van der Waals surface area contributed by atoms with Gasteiger partial charge in [-0.05, 0) is 53.8 Å². The maximum atomic E-state index is 13.3. The normalized spacial score (nSPS) is 20.7. The summed E-state index contributed by atoms with van der Waals surface area (Å²) in [5.74, 6) is -0.662. The second-order valence-corrected chi connectivity index (χ2v) is 8.29. The van der Waals surface area contributed by atoms with Crippen LogP contribution in [0.1, 0.15) is 24.5 Å². The van der Waals surface area contributed by atoms with Crippen molar-refractivity contribution in [3.63, 3.8) is 0 Å². The van der Waals surface area contributed by atoms with Gasteiger partial charge in [0.15, 0.2) is 0 Å². The van der Waals surface area contributed by atoms with Gasteiger partial charge in [0.25, 0.3) is 5.91 Å². The van der Waals surface area contributed by atoms with Gasteiger partial charge in [-0.2, -0.15) is 0 Å². The first-order valence-electron chi connectivity index (χ1n) is 10.5. The predicted molar refractivity (Wildman–Crippen MR) is 119 cm³/mol. The first-order chi connectivity index (χ1) is 15.0. The smallest absolute Gasteiger partial charge is 0.319 e. The summed E-state index contributed by atoms with van der Waals surface area (Å²) in [6.07, 6.45) is 1.78. The van der Waals surface area contributed by atoms with Crippen LogP contribution < -0.4 is 10.2 Å². The Balaban J connectivity index is 1.41. The van der Waals surface area contributed by atoms with Crippen LogP contribution in [0.5, 0.6) is 0 Å². The number of rotatable bonds is 3. The Bertz CT molecular complexity index is 1220. The summed E-state index contributed by atoms with van der Waals surface area (Å²) < 4.78 is 0. The summed E-state index contributed by atoms with van der Waals surface area (Å²) in [5.41, 5.74) is 1.47. The number of hydrogen-bond acceptors (Lipinski definition) is 3. The summed E-state index contributed by atoms with van der Waals surface area (Å²) in [4.78, 5) is 41.8. The summed E-state index contributed by atoms with van der Waals surface area (Å²) in [6.45, 7) is 2.00. The van der Waals surface area contributed by atoms with Gasteiger partial charge in [0.2, 0.25) is 5.91 Å². The summed E-state index contributed by atoms with van der Waals surface area (Å²) >= 11 is 0. The van der Waals surface area contributed by atoms with E-state index < -0.39 is 17.5 Å². The molecule has 1 atom stereocenters. The van der Waals surface area contributed by atoms with Gasteiger partial charge in [-0.3, -0.25) is 14.5 Å². The lowest BCUT2D eigenvalue weighted by molar-refractivity contribution is -0.134. The fraction of sp³-hybridized carbons (Fsp3) is 0.240. The molecule has 6 nitrogen and oxygen atoms in total. The molecule has 0 bridgehead atoms. The highest BCUT2D eigenvalue weighted by molar-refractivity contribution is 6.11. The number of para-hydroxylation sites is 1. The number of benzene rings is 3. The van der Waals surface area contributed by atoms with Gasteiger partial charge in [-0.15, -0.1) is 0 Å². The Labute approximate surface area is 180 Å². The zero-order valence-electron chi connectivity index (χ0n) is 17.3. The Morgan fingerprint density at radius 2 is 1.74 bits per heavy atom. The molecule has 0 saturated carbocycles. The third-order valence-electron chi connectivity index (χ3n) is 6.31. The second-order valence-electron chi connectivity index (χ2n) is 8.29. The fourth-order valence-electron chi connectivity index (χ4n) is 4.55. The molecule has 1 N–H and O–H groups in total. The second kappa shape index (κ2) is 7.23. The molecule has 6 heteroatoms. The minimum atomic E-state index is -1.21. The molecule has 31 heavy (non-hydrogen) atoms. The van der Waals surface area contributed by atoms with Crippen molar-refractivity contribution in [2.75, 3.05) is 18.0 Å². The highest BCUT2D eigenvalue weighted by Crippen LogP contribution is 2.32. The number of carbonyl (C=O) groups is 3. The van der Waals surface area contributed by atoms with Crippen LogP contribution in [0.4, 0.5) is 10.5 Å². The van der Waals surface area contributed by atoms with E-state index in [0.717, 1.165) is 39.8 Å². The third-order valence-corrected chi connectivity index (χ3v) is 6.31. The molecule has 2 heterocycles. The predicted octanol–water partition coefficient (Wildman–Crippen LogP) is 3.59. The lowest BCUT2D eigenvalue weighted by Crippen LogP contribution is -2.46. The highest BCUT2D eigenvalue weighted by atomic mass is 16.2. The van der Waals surface area contributed by atoms with Crippen LogP contribution in [0.3, 0.4) is 0 Å². The zero-order chi connectivity index (χ0) is 21.6. The summed E-state index contributed by atoms with van der Waals surface area (Å²) in [7, 11) is 0. The SMILES string of the molecule is CC1(c2ccc3ccccc3c2)NC(=O)N(CC(=O)N2CCCc3ccccc32)C1=O. The highest BCUT2D eigenvalue weighted by Gasteiger charge is 2.49. The number of nitrogens with one attached hydrogen (secondary N) is 1. The van der Waals surface area contributed by atoms with Gasteiger partial charge in [0, 0.05) is 12.2 Å². The standard InChI is InChI=1S/C25H23N3O3/c1-25(20-13-12-17-7-2-3-9-19(17)15-20)23(30)28(24(31)26-25)16-22(29)27-14-6-10-18-8-4-5-11-21(18)27/h2-5,7-9,11-13,15H,6,10,14,16H2,1H3,(H,26,31). The fourth-order valence-corrected chi connectivity index (χ4v) is 4.55. The minimum absolute atomic E-state index is 0.251. The molecule has 2 aliphatic heterocycles. The van der Waals surface area contributed by atoms with Crippen molar-refractivity contribution in [1.29, 1.82) is 0 Å². The van der Waals surface area contributed by atoms with Crippen LogP contribution in [0, 0.1) is 0 Å². The molecule has 3 aromatic rings. The molecule has 156 valence electrons. The van der Waals surface area contributed by atoms with Crippen molar-refractivity contribution in [2.24, 2.45) is 0 Å². The van der Waals surface area contributed by atoms with Crippen molar-refractivity contribution in [3.8, 4) is 0 Å². The molecular formula is C25H23N3O3. The van der Waals surface area contributed by atoms with E-state index in [4.69, 9.17) is 0 Å². The van der Waals surface area contributed by atoms with Gasteiger partial charge in [-0.1, -0.05) is 54.6 Å². The Morgan fingerprint density at radius 1 is 1.00 bits per heavy atom. The van der Waals surface area contributed by atoms with Crippen LogP contribution in [-0.2, 0) is 21.5 Å². The molecular weight excluding hydrogens is 390 g/mol. The molecule has 3 aromatic carbocycles. The largest absolute Gasteiger partial charge is 0.325 e. The van der Waals surface area contributed by atoms with Crippen molar-refractivity contribution < 1.29 is 14.4 Å². The van der Waals surface area contributed by atoms with Gasteiger partial charge >= 0.3 is 6.03 Å². The van der Waals surface area contributed by atoms with E-state index in [2.05, 4.69) is 5.32 Å². The van der Waals surface area contributed by atoms with Crippen molar-refractivity contribution in [1.82, 2.24) is 10.2 Å². The zero-order valence-corrected chi connectivity index (χ0v) is 17.3. The average molecular weight is 413 g/mol. The molecule has 5 rings (SSSR count). The number of nitrogens with zero attached hydrogens (tertiary/aromatic N) is 2. The summed E-state index contributed by atoms with van der Waals surface area (Å²) in [5, 5.41) is 4.85. The van der Waals surface area contributed by atoms with Crippen LogP contribution in [-0.4, -0.2) is 35.8 Å². The van der Waals surface area contributed by atoms with E-state index in [1.165, 1.54) is 0 Å². The molecule has 1 saturated heterocycles. The molecule has 0 radical (unpaired) electrons. The van der Waals surface area contributed by atoms with Gasteiger partial charge in [0.05, 0.1) is 0 Å². The number of aryl methyl sites for hydroxylation is 1. The average Bonchev–Trinajstić information content (AvgIpc) is 3.02. The maximum absolute atomic E-state index is 13.3. The van der Waals surface area contributed by atoms with Gasteiger partial charge in [0.1, 0.15) is 12.1 Å². The van der Waals surface area contributed by atoms with Crippen molar-refractivity contribution in [2.45, 2.75) is 25.3 Å². The Kier molecular flexibility index (Phi) is 4.50. The molecule has 0 aliphatic carbocycles. The van der Waals surface area contributed by atoms with Gasteiger partial charge in [-0.25, -0.2) is 4.79 Å². The Morgan fingerprint density at radius 3 is 2.58 bits per heavy atom. The number of imide groups is 1. The first kappa shape index (κ1) is 19.3. The van der Waals surface area contributed by atoms with Crippen molar-refractivity contribution in [3.05, 3.63) is 77.9 Å². The number of urea groups is 1. The van der Waals surface area contributed by atoms with E-state index in [0.29, 0.717) is 12.1 Å². The molecule has 0 spiro atoms. The van der Waals surface area contributed by atoms with Crippen LogP contribution >= 0.6 is 0 Å². The quantitative estimate of drug-likeness (QED) is 0.667. The third kappa shape index (κ3) is 3.15. The number of hydrogen-bond donors (Lipinski definition) is 1. The number of fused-ring (bicyclic) bond motifs is 2. The first-order valence-corrected chi connectivity index (χ1v) is 10.5. The van der Waals surface area contributed by atoms with E-state index >= 15 is 0 Å². The molecule has 2 aliphatic rings. The van der Waals surface area contributed by atoms with E-state index in [1.807, 2.05) is 66.7 Å². The Hall–Kier alpha value is -3.67. The number of carbonyl (C=O) groups excluding carboxylic acids is 3. The van der Waals surface area contributed by atoms with E-state index in [9.17, 15) is 14.4 Å². The maximum Gasteiger partial charge on any atom is 0.325 e. The lowest BCUT2D eigenvalue weighted by atomic mass is 9.90. The molecule has 1 fully saturated rings. The topological polar surface area (TPSA) is 69.7 Å². The van der Waals surface area contributed by atoms with Crippen LogP contribution in [0.25, 0.3) is 10.8 Å². The number of anilines is 1. The van der Waals surface area contributed by atoms with Gasteiger partial charge < -0.3 is 10.2 Å². The van der Waals surface area contributed by atoms with E-state index in [1.54, 1.807) is 11.8 Å². The minimum Gasteiger partial charge on any atom is -0.319 e. The molecule has 1 unspecified atom stereocenters. The van der Waals surface area contributed by atoms with Crippen LogP contribution in [0.2, 0.25) is 0 Å². The molecule has 0 aromatic heterocycles. The molecule has 4 amide bonds. The monoisotopic (exact) mass is 413 g/mol.